The highest BCUT2D eigenvalue weighted by atomic mass is 19.3. The molecule has 174 valence electrons. The molecule has 1 N–H and O–H groups in total. The van der Waals surface area contributed by atoms with Crippen molar-refractivity contribution in [3.8, 4) is 5.88 Å². The topological polar surface area (TPSA) is 81.2 Å². The number of hydrogen-bond donors (Lipinski definition) is 1. The number of nitrogens with zero attached hydrogens (tertiary/aromatic N) is 2. The molecule has 2 heterocycles. The van der Waals surface area contributed by atoms with Gasteiger partial charge in [0.05, 0.1) is 11.6 Å². The molecule has 0 fully saturated rings. The molecule has 6 nitrogen and oxygen atoms in total. The summed E-state index contributed by atoms with van der Waals surface area (Å²) < 4.78 is 55.2. The van der Waals surface area contributed by atoms with Gasteiger partial charge in [-0.3, -0.25) is 14.6 Å². The fraction of sp³-hybridized carbons (Fsp3) is 0.455. The molecule has 2 aromatic heterocycles. The van der Waals surface area contributed by atoms with Crippen LogP contribution < -0.4 is 10.1 Å². The first-order valence-corrected chi connectivity index (χ1v) is 9.94. The van der Waals surface area contributed by atoms with Crippen molar-refractivity contribution in [2.45, 2.75) is 52.5 Å². The number of rotatable bonds is 10. The Morgan fingerprint density at radius 2 is 1.84 bits per heavy atom. The van der Waals surface area contributed by atoms with Crippen LogP contribution >= 0.6 is 0 Å². The SMILES string of the molecule is Cc1cc(C(=O)NC(C)c2ccnc(CC(=O)C(C)C)c2)cnc1OCC(F)(F)C(F)F. The third-order valence-corrected chi connectivity index (χ3v) is 4.70. The minimum absolute atomic E-state index is 0.0570. The first-order chi connectivity index (χ1) is 14.9. The van der Waals surface area contributed by atoms with Crippen LogP contribution in [0.1, 0.15) is 54.0 Å². The van der Waals surface area contributed by atoms with E-state index < -0.39 is 30.9 Å². The second kappa shape index (κ2) is 10.5. The average molecular weight is 455 g/mol. The molecule has 0 aromatic carbocycles. The van der Waals surface area contributed by atoms with E-state index in [2.05, 4.69) is 15.3 Å². The Bertz CT molecular complexity index is 967. The summed E-state index contributed by atoms with van der Waals surface area (Å²) in [6.07, 6.45) is -0.981. The zero-order valence-electron chi connectivity index (χ0n) is 18.2. The molecule has 1 amide bonds. The molecule has 0 saturated heterocycles. The molecule has 2 aromatic rings. The van der Waals surface area contributed by atoms with Crippen molar-refractivity contribution in [3.05, 3.63) is 53.0 Å². The van der Waals surface area contributed by atoms with Crippen LogP contribution in [0.2, 0.25) is 0 Å². The molecule has 32 heavy (non-hydrogen) atoms. The summed E-state index contributed by atoms with van der Waals surface area (Å²) in [5, 5.41) is 2.78. The summed E-state index contributed by atoms with van der Waals surface area (Å²) in [5.74, 6) is -5.09. The van der Waals surface area contributed by atoms with Gasteiger partial charge in [-0.15, -0.1) is 0 Å². The predicted molar refractivity (Wildman–Crippen MR) is 109 cm³/mol. The van der Waals surface area contributed by atoms with Crippen molar-refractivity contribution in [1.82, 2.24) is 15.3 Å². The third-order valence-electron chi connectivity index (χ3n) is 4.70. The van der Waals surface area contributed by atoms with Crippen LogP contribution in [0.5, 0.6) is 5.88 Å². The number of carbonyl (C=O) groups excluding carboxylic acids is 2. The summed E-state index contributed by atoms with van der Waals surface area (Å²) in [7, 11) is 0. The Hall–Kier alpha value is -3.04. The Morgan fingerprint density at radius 1 is 1.16 bits per heavy atom. The number of nitrogens with one attached hydrogen (secondary N) is 1. The number of alkyl halides is 4. The highest BCUT2D eigenvalue weighted by Crippen LogP contribution is 2.25. The molecule has 0 aliphatic heterocycles. The lowest BCUT2D eigenvalue weighted by Gasteiger charge is -2.17. The lowest BCUT2D eigenvalue weighted by atomic mass is 10.0. The van der Waals surface area contributed by atoms with Crippen molar-refractivity contribution in [2.24, 2.45) is 5.92 Å². The molecule has 2 rings (SSSR count). The number of aryl methyl sites for hydroxylation is 1. The van der Waals surface area contributed by atoms with Gasteiger partial charge >= 0.3 is 12.3 Å². The Balaban J connectivity index is 2.04. The van der Waals surface area contributed by atoms with Gasteiger partial charge in [-0.25, -0.2) is 13.8 Å². The number of ether oxygens (including phenoxy) is 1. The van der Waals surface area contributed by atoms with Crippen molar-refractivity contribution < 1.29 is 31.9 Å². The highest BCUT2D eigenvalue weighted by Gasteiger charge is 2.42. The van der Waals surface area contributed by atoms with Crippen LogP contribution in [0.3, 0.4) is 0 Å². The van der Waals surface area contributed by atoms with Crippen molar-refractivity contribution in [2.75, 3.05) is 6.61 Å². The predicted octanol–water partition coefficient (Wildman–Crippen LogP) is 4.32. The summed E-state index contributed by atoms with van der Waals surface area (Å²) >= 11 is 0. The normalized spacial score (nSPS) is 12.7. The van der Waals surface area contributed by atoms with Crippen LogP contribution in [-0.4, -0.2) is 40.6 Å². The maximum absolute atomic E-state index is 13.0. The van der Waals surface area contributed by atoms with Gasteiger partial charge in [0.15, 0.2) is 6.61 Å². The van der Waals surface area contributed by atoms with E-state index in [1.807, 2.05) is 13.8 Å². The second-order valence-electron chi connectivity index (χ2n) is 7.77. The lowest BCUT2D eigenvalue weighted by molar-refractivity contribution is -0.148. The number of halogens is 4. The monoisotopic (exact) mass is 455 g/mol. The Morgan fingerprint density at radius 3 is 2.44 bits per heavy atom. The van der Waals surface area contributed by atoms with Gasteiger partial charge in [0.2, 0.25) is 5.88 Å². The highest BCUT2D eigenvalue weighted by molar-refractivity contribution is 5.94. The van der Waals surface area contributed by atoms with E-state index >= 15 is 0 Å². The standard InChI is InChI=1S/C22H25F4N3O3/c1-12(2)18(30)9-17-8-15(5-6-27-17)14(4)29-19(31)16-7-13(3)20(28-10-16)32-11-22(25,26)21(23)24/h5-8,10,12,14,21H,9,11H2,1-4H3,(H,29,31). The van der Waals surface area contributed by atoms with E-state index in [1.54, 1.807) is 25.3 Å². The number of ketones is 1. The zero-order valence-corrected chi connectivity index (χ0v) is 18.2. The minimum atomic E-state index is -4.30. The third kappa shape index (κ3) is 6.73. The maximum atomic E-state index is 13.0. The number of pyridine rings is 2. The molecular weight excluding hydrogens is 430 g/mol. The number of aromatic nitrogens is 2. The number of hydrogen-bond acceptors (Lipinski definition) is 5. The molecular formula is C22H25F4N3O3. The van der Waals surface area contributed by atoms with Crippen molar-refractivity contribution >= 4 is 11.7 Å². The van der Waals surface area contributed by atoms with Gasteiger partial charge in [-0.2, -0.15) is 8.78 Å². The number of Topliss-reactive ketones (excluding diaryl/α,β-unsaturated/α-hetero) is 1. The fourth-order valence-electron chi connectivity index (χ4n) is 2.67. The van der Waals surface area contributed by atoms with Gasteiger partial charge in [0.25, 0.3) is 5.91 Å². The van der Waals surface area contributed by atoms with E-state index in [0.29, 0.717) is 5.69 Å². The lowest BCUT2D eigenvalue weighted by Crippen LogP contribution is -2.34. The Labute approximate surface area is 183 Å². The molecule has 0 spiro atoms. The molecule has 0 aliphatic carbocycles. The summed E-state index contributed by atoms with van der Waals surface area (Å²) in [6.45, 7) is 5.32. The first kappa shape index (κ1) is 25.2. The van der Waals surface area contributed by atoms with Gasteiger partial charge in [-0.1, -0.05) is 13.8 Å². The summed E-state index contributed by atoms with van der Waals surface area (Å²) in [6, 6.07) is 4.41. The molecule has 0 radical (unpaired) electrons. The Kier molecular flexibility index (Phi) is 8.29. The summed E-state index contributed by atoms with van der Waals surface area (Å²) in [5.41, 5.74) is 1.74. The minimum Gasteiger partial charge on any atom is -0.471 e. The van der Waals surface area contributed by atoms with E-state index in [0.717, 1.165) is 11.8 Å². The van der Waals surface area contributed by atoms with Crippen LogP contribution in [-0.2, 0) is 11.2 Å². The van der Waals surface area contributed by atoms with Gasteiger partial charge in [0, 0.05) is 36.0 Å². The number of amides is 1. The average Bonchev–Trinajstić information content (AvgIpc) is 2.72. The van der Waals surface area contributed by atoms with Crippen LogP contribution in [0.15, 0.2) is 30.6 Å². The zero-order chi connectivity index (χ0) is 24.1. The van der Waals surface area contributed by atoms with Gasteiger partial charge < -0.3 is 10.1 Å². The van der Waals surface area contributed by atoms with Crippen molar-refractivity contribution in [1.29, 1.82) is 0 Å². The van der Waals surface area contributed by atoms with E-state index in [-0.39, 0.29) is 35.1 Å². The first-order valence-electron chi connectivity index (χ1n) is 9.94. The quantitative estimate of drug-likeness (QED) is 0.540. The second-order valence-corrected chi connectivity index (χ2v) is 7.77. The maximum Gasteiger partial charge on any atom is 0.340 e. The van der Waals surface area contributed by atoms with Crippen molar-refractivity contribution in [3.63, 3.8) is 0 Å². The molecule has 10 heteroatoms. The molecule has 0 bridgehead atoms. The molecule has 1 unspecified atom stereocenters. The van der Waals surface area contributed by atoms with Crippen LogP contribution in [0.4, 0.5) is 17.6 Å². The smallest absolute Gasteiger partial charge is 0.340 e. The molecule has 0 aliphatic rings. The van der Waals surface area contributed by atoms with E-state index in [1.165, 1.54) is 13.0 Å². The largest absolute Gasteiger partial charge is 0.471 e. The van der Waals surface area contributed by atoms with E-state index in [9.17, 15) is 27.2 Å². The fourth-order valence-corrected chi connectivity index (χ4v) is 2.67. The summed E-state index contributed by atoms with van der Waals surface area (Å²) in [4.78, 5) is 32.5. The molecule has 1 atom stereocenters. The molecule has 0 saturated carbocycles. The van der Waals surface area contributed by atoms with Crippen LogP contribution in [0.25, 0.3) is 0 Å². The van der Waals surface area contributed by atoms with Crippen LogP contribution in [0, 0.1) is 12.8 Å². The van der Waals surface area contributed by atoms with Gasteiger partial charge in [-0.05, 0) is 37.6 Å². The van der Waals surface area contributed by atoms with Gasteiger partial charge in [0.1, 0.15) is 5.78 Å². The number of carbonyl (C=O) groups is 2. The van der Waals surface area contributed by atoms with E-state index in [4.69, 9.17) is 4.74 Å².